The molecular weight excluding hydrogens is 245 g/mol. The van der Waals surface area contributed by atoms with E-state index in [4.69, 9.17) is 5.11 Å². The van der Waals surface area contributed by atoms with Crippen molar-refractivity contribution in [3.63, 3.8) is 0 Å². The molecule has 1 N–H and O–H groups in total. The minimum Gasteiger partial charge on any atom is -0.480 e. The zero-order valence-corrected chi connectivity index (χ0v) is 8.53. The molecule has 96 valence electrons. The highest BCUT2D eigenvalue weighted by Gasteiger charge is 2.44. The molecular formula is C8H9F3N2O4. The standard InChI is InChI=1S/C8H9F3N2O4/c9-8(10,11)7(17)13-2-1-12(4-6(15)16)5(14)3-13/h1-4H2,(H,15,16). The van der Waals surface area contributed by atoms with Crippen LogP contribution in [0.1, 0.15) is 0 Å². The molecule has 0 atom stereocenters. The van der Waals surface area contributed by atoms with Crippen molar-refractivity contribution >= 4 is 17.8 Å². The van der Waals surface area contributed by atoms with E-state index in [0.29, 0.717) is 4.90 Å². The predicted octanol–water partition coefficient (Wildman–Crippen LogP) is -0.696. The van der Waals surface area contributed by atoms with Crippen LogP contribution in [-0.2, 0) is 14.4 Å². The summed E-state index contributed by atoms with van der Waals surface area (Å²) in [5, 5.41) is 8.43. The average molecular weight is 254 g/mol. The Bertz CT molecular complexity index is 355. The number of halogens is 3. The maximum absolute atomic E-state index is 12.1. The number of nitrogens with zero attached hydrogens (tertiary/aromatic N) is 2. The summed E-state index contributed by atoms with van der Waals surface area (Å²) in [6.45, 7) is -1.86. The number of hydrogen-bond acceptors (Lipinski definition) is 3. The topological polar surface area (TPSA) is 77.9 Å². The van der Waals surface area contributed by atoms with Gasteiger partial charge in [0.1, 0.15) is 13.1 Å². The van der Waals surface area contributed by atoms with Gasteiger partial charge in [0, 0.05) is 13.1 Å². The Balaban J connectivity index is 2.61. The highest BCUT2D eigenvalue weighted by Crippen LogP contribution is 2.19. The van der Waals surface area contributed by atoms with E-state index in [1.165, 1.54) is 0 Å². The molecule has 17 heavy (non-hydrogen) atoms. The molecule has 1 heterocycles. The molecule has 2 amide bonds. The van der Waals surface area contributed by atoms with Gasteiger partial charge in [0.25, 0.3) is 0 Å². The number of carboxylic acids is 1. The van der Waals surface area contributed by atoms with Crippen LogP contribution in [0.25, 0.3) is 0 Å². The molecule has 0 aliphatic carbocycles. The normalized spacial score (nSPS) is 17.2. The molecule has 0 saturated carbocycles. The number of piperazine rings is 1. The van der Waals surface area contributed by atoms with Crippen molar-refractivity contribution in [2.24, 2.45) is 0 Å². The second-order valence-electron chi connectivity index (χ2n) is 3.43. The van der Waals surface area contributed by atoms with E-state index in [0.717, 1.165) is 4.90 Å². The summed E-state index contributed by atoms with van der Waals surface area (Å²) < 4.78 is 36.2. The summed E-state index contributed by atoms with van der Waals surface area (Å²) in [6.07, 6.45) is -5.02. The van der Waals surface area contributed by atoms with Gasteiger partial charge >= 0.3 is 18.1 Å². The fourth-order valence-corrected chi connectivity index (χ4v) is 1.39. The lowest BCUT2D eigenvalue weighted by Gasteiger charge is -2.33. The van der Waals surface area contributed by atoms with Crippen LogP contribution in [0.4, 0.5) is 13.2 Å². The Morgan fingerprint density at radius 1 is 1.29 bits per heavy atom. The van der Waals surface area contributed by atoms with Gasteiger partial charge in [-0.3, -0.25) is 14.4 Å². The molecule has 1 rings (SSSR count). The van der Waals surface area contributed by atoms with Crippen LogP contribution in [0.15, 0.2) is 0 Å². The maximum Gasteiger partial charge on any atom is 0.471 e. The van der Waals surface area contributed by atoms with Gasteiger partial charge < -0.3 is 14.9 Å². The molecule has 6 nitrogen and oxygen atoms in total. The van der Waals surface area contributed by atoms with E-state index in [2.05, 4.69) is 0 Å². The predicted molar refractivity (Wildman–Crippen MR) is 46.9 cm³/mol. The average Bonchev–Trinajstić information content (AvgIpc) is 2.18. The van der Waals surface area contributed by atoms with E-state index in [9.17, 15) is 27.6 Å². The number of carboxylic acid groups (broad SMARTS) is 1. The zero-order chi connectivity index (χ0) is 13.2. The lowest BCUT2D eigenvalue weighted by atomic mass is 10.3. The third kappa shape index (κ3) is 3.33. The Morgan fingerprint density at radius 2 is 1.88 bits per heavy atom. The van der Waals surface area contributed by atoms with Crippen LogP contribution in [0.5, 0.6) is 0 Å². The summed E-state index contributed by atoms with van der Waals surface area (Å²) in [5.74, 6) is -4.15. The second-order valence-corrected chi connectivity index (χ2v) is 3.43. The summed E-state index contributed by atoms with van der Waals surface area (Å²) in [6, 6.07) is 0. The van der Waals surface area contributed by atoms with E-state index in [1.807, 2.05) is 0 Å². The number of rotatable bonds is 2. The smallest absolute Gasteiger partial charge is 0.471 e. The lowest BCUT2D eigenvalue weighted by Crippen LogP contribution is -2.55. The molecule has 0 spiro atoms. The summed E-state index contributed by atoms with van der Waals surface area (Å²) in [7, 11) is 0. The van der Waals surface area contributed by atoms with Gasteiger partial charge in [-0.2, -0.15) is 13.2 Å². The van der Waals surface area contributed by atoms with E-state index in [1.54, 1.807) is 0 Å². The van der Waals surface area contributed by atoms with Gasteiger partial charge in [0.05, 0.1) is 0 Å². The summed E-state index contributed by atoms with van der Waals surface area (Å²) in [5.41, 5.74) is 0. The largest absolute Gasteiger partial charge is 0.480 e. The molecule has 0 bridgehead atoms. The van der Waals surface area contributed by atoms with Gasteiger partial charge in [-0.25, -0.2) is 0 Å². The number of aliphatic carboxylic acids is 1. The monoisotopic (exact) mass is 254 g/mol. The van der Waals surface area contributed by atoms with Crippen LogP contribution < -0.4 is 0 Å². The number of alkyl halides is 3. The first-order valence-corrected chi connectivity index (χ1v) is 4.57. The highest BCUT2D eigenvalue weighted by molar-refractivity contribution is 5.89. The molecule has 0 unspecified atom stereocenters. The number of hydrogen-bond donors (Lipinski definition) is 1. The van der Waals surface area contributed by atoms with Crippen molar-refractivity contribution in [3.05, 3.63) is 0 Å². The van der Waals surface area contributed by atoms with Crippen molar-refractivity contribution in [2.75, 3.05) is 26.2 Å². The Morgan fingerprint density at radius 3 is 2.29 bits per heavy atom. The van der Waals surface area contributed by atoms with Gasteiger partial charge in [-0.15, -0.1) is 0 Å². The number of amides is 2. The van der Waals surface area contributed by atoms with Crippen molar-refractivity contribution in [1.29, 1.82) is 0 Å². The van der Waals surface area contributed by atoms with Gasteiger partial charge in [-0.05, 0) is 0 Å². The molecule has 0 radical (unpaired) electrons. The molecule has 9 heteroatoms. The fraction of sp³-hybridized carbons (Fsp3) is 0.625. The van der Waals surface area contributed by atoms with E-state index in [-0.39, 0.29) is 13.1 Å². The van der Waals surface area contributed by atoms with Crippen molar-refractivity contribution < 1.29 is 32.7 Å². The minimum atomic E-state index is -5.02. The summed E-state index contributed by atoms with van der Waals surface area (Å²) >= 11 is 0. The van der Waals surface area contributed by atoms with E-state index < -0.39 is 37.0 Å². The molecule has 0 aromatic carbocycles. The first-order chi connectivity index (χ1) is 7.71. The van der Waals surface area contributed by atoms with Crippen LogP contribution in [-0.4, -0.2) is 65.0 Å². The maximum atomic E-state index is 12.1. The van der Waals surface area contributed by atoms with Crippen LogP contribution >= 0.6 is 0 Å². The Kier molecular flexibility index (Phi) is 3.59. The first-order valence-electron chi connectivity index (χ1n) is 4.57. The second kappa shape index (κ2) is 4.60. The molecule has 0 aromatic heterocycles. The Labute approximate surface area is 93.6 Å². The molecule has 1 saturated heterocycles. The molecule has 0 aromatic rings. The zero-order valence-electron chi connectivity index (χ0n) is 8.53. The minimum absolute atomic E-state index is 0.215. The summed E-state index contributed by atoms with van der Waals surface area (Å²) in [4.78, 5) is 33.7. The molecule has 1 fully saturated rings. The van der Waals surface area contributed by atoms with Crippen LogP contribution in [0, 0.1) is 0 Å². The fourth-order valence-electron chi connectivity index (χ4n) is 1.39. The third-order valence-electron chi connectivity index (χ3n) is 2.17. The third-order valence-corrected chi connectivity index (χ3v) is 2.17. The van der Waals surface area contributed by atoms with Crippen LogP contribution in [0.2, 0.25) is 0 Å². The number of carbonyl (C=O) groups is 3. The van der Waals surface area contributed by atoms with E-state index >= 15 is 0 Å². The quantitative estimate of drug-likeness (QED) is 0.707. The number of carbonyl (C=O) groups excluding carboxylic acids is 2. The lowest BCUT2D eigenvalue weighted by molar-refractivity contribution is -0.188. The highest BCUT2D eigenvalue weighted by atomic mass is 19.4. The van der Waals surface area contributed by atoms with Crippen molar-refractivity contribution in [2.45, 2.75) is 6.18 Å². The van der Waals surface area contributed by atoms with Gasteiger partial charge in [-0.1, -0.05) is 0 Å². The first kappa shape index (κ1) is 13.3. The van der Waals surface area contributed by atoms with Gasteiger partial charge in [0.15, 0.2) is 0 Å². The van der Waals surface area contributed by atoms with Crippen molar-refractivity contribution in [1.82, 2.24) is 9.80 Å². The van der Waals surface area contributed by atoms with Crippen LogP contribution in [0.3, 0.4) is 0 Å². The molecule has 1 aliphatic rings. The Hall–Kier alpha value is -1.80. The SMILES string of the molecule is O=C(O)CN1CCN(C(=O)C(F)(F)F)CC1=O. The van der Waals surface area contributed by atoms with Crippen molar-refractivity contribution in [3.8, 4) is 0 Å². The van der Waals surface area contributed by atoms with Gasteiger partial charge in [0.2, 0.25) is 5.91 Å². The molecule has 1 aliphatic heterocycles.